The molecule has 1 saturated heterocycles. The standard InChI is InChI=1S/C8H18N4O/c1-6(13)8(11-9)3-7-4-10-5-12(7)2/h7-8,10-11H,3-5,9H2,1-2H3. The number of hydrazine groups is 1. The fraction of sp³-hybridized carbons (Fsp3) is 0.875. The lowest BCUT2D eigenvalue weighted by atomic mass is 10.0. The molecule has 1 rings (SSSR count). The minimum absolute atomic E-state index is 0.0998. The second-order valence-electron chi connectivity index (χ2n) is 3.59. The Hall–Kier alpha value is -0.490. The third-order valence-corrected chi connectivity index (χ3v) is 2.56. The van der Waals surface area contributed by atoms with Crippen molar-refractivity contribution in [1.29, 1.82) is 0 Å². The van der Waals surface area contributed by atoms with Gasteiger partial charge in [0.1, 0.15) is 5.78 Å². The molecule has 4 N–H and O–H groups in total. The largest absolute Gasteiger partial charge is 0.303 e. The summed E-state index contributed by atoms with van der Waals surface area (Å²) in [6.45, 7) is 3.38. The van der Waals surface area contributed by atoms with E-state index in [1.807, 2.05) is 7.05 Å². The van der Waals surface area contributed by atoms with Crippen LogP contribution >= 0.6 is 0 Å². The van der Waals surface area contributed by atoms with Gasteiger partial charge in [-0.1, -0.05) is 0 Å². The Balaban J connectivity index is 2.41. The smallest absolute Gasteiger partial charge is 0.148 e. The number of likely N-dealkylation sites (N-methyl/N-ethyl adjacent to an activating group) is 1. The van der Waals surface area contributed by atoms with E-state index in [4.69, 9.17) is 5.84 Å². The molecule has 0 saturated carbocycles. The minimum atomic E-state index is -0.215. The number of nitrogens with two attached hydrogens (primary N) is 1. The monoisotopic (exact) mass is 186 g/mol. The van der Waals surface area contributed by atoms with Gasteiger partial charge in [0.2, 0.25) is 0 Å². The van der Waals surface area contributed by atoms with Gasteiger partial charge in [-0.05, 0) is 20.4 Å². The maximum absolute atomic E-state index is 11.1. The molecule has 1 aliphatic heterocycles. The first kappa shape index (κ1) is 10.6. The van der Waals surface area contributed by atoms with E-state index in [1.54, 1.807) is 6.92 Å². The van der Waals surface area contributed by atoms with Crippen molar-refractivity contribution in [2.24, 2.45) is 5.84 Å². The summed E-state index contributed by atoms with van der Waals surface area (Å²) in [6, 6.07) is 0.192. The number of carbonyl (C=O) groups excluding carboxylic acids is 1. The van der Waals surface area contributed by atoms with Crippen LogP contribution in [-0.4, -0.2) is 43.0 Å². The normalized spacial score (nSPS) is 26.2. The second-order valence-corrected chi connectivity index (χ2v) is 3.59. The molecule has 0 bridgehead atoms. The topological polar surface area (TPSA) is 70.4 Å². The van der Waals surface area contributed by atoms with Crippen molar-refractivity contribution in [2.45, 2.75) is 25.4 Å². The highest BCUT2D eigenvalue weighted by Crippen LogP contribution is 2.08. The van der Waals surface area contributed by atoms with Crippen molar-refractivity contribution in [1.82, 2.24) is 15.6 Å². The van der Waals surface area contributed by atoms with Crippen LogP contribution in [0.2, 0.25) is 0 Å². The van der Waals surface area contributed by atoms with Gasteiger partial charge in [0, 0.05) is 19.3 Å². The van der Waals surface area contributed by atoms with Crippen LogP contribution in [0.4, 0.5) is 0 Å². The third-order valence-electron chi connectivity index (χ3n) is 2.56. The molecule has 0 aromatic carbocycles. The zero-order valence-electron chi connectivity index (χ0n) is 8.21. The van der Waals surface area contributed by atoms with Crippen molar-refractivity contribution >= 4 is 5.78 Å². The maximum atomic E-state index is 11.1. The van der Waals surface area contributed by atoms with E-state index in [1.165, 1.54) is 0 Å². The molecule has 0 spiro atoms. The van der Waals surface area contributed by atoms with E-state index < -0.39 is 0 Å². The van der Waals surface area contributed by atoms with Gasteiger partial charge in [-0.15, -0.1) is 0 Å². The zero-order chi connectivity index (χ0) is 9.84. The van der Waals surface area contributed by atoms with Gasteiger partial charge in [0.05, 0.1) is 6.04 Å². The van der Waals surface area contributed by atoms with Gasteiger partial charge in [-0.25, -0.2) is 5.43 Å². The molecule has 2 atom stereocenters. The summed E-state index contributed by atoms with van der Waals surface area (Å²) < 4.78 is 0. The highest BCUT2D eigenvalue weighted by Gasteiger charge is 2.25. The van der Waals surface area contributed by atoms with Crippen LogP contribution in [0.3, 0.4) is 0 Å². The summed E-state index contributed by atoms with van der Waals surface area (Å²) in [5, 5.41) is 3.24. The highest BCUT2D eigenvalue weighted by molar-refractivity contribution is 5.81. The van der Waals surface area contributed by atoms with Crippen LogP contribution in [0, 0.1) is 0 Å². The van der Waals surface area contributed by atoms with Crippen molar-refractivity contribution in [3.63, 3.8) is 0 Å². The average molecular weight is 186 g/mol. The molecule has 2 unspecified atom stereocenters. The van der Waals surface area contributed by atoms with Crippen LogP contribution < -0.4 is 16.6 Å². The van der Waals surface area contributed by atoms with Crippen LogP contribution in [0.5, 0.6) is 0 Å². The minimum Gasteiger partial charge on any atom is -0.303 e. The molecule has 5 heteroatoms. The predicted octanol–water partition coefficient (Wildman–Crippen LogP) is -1.34. The maximum Gasteiger partial charge on any atom is 0.148 e. The molecule has 0 aliphatic carbocycles. The lowest BCUT2D eigenvalue weighted by molar-refractivity contribution is -0.119. The van der Waals surface area contributed by atoms with Gasteiger partial charge in [-0.2, -0.15) is 0 Å². The van der Waals surface area contributed by atoms with Crippen LogP contribution in [0.15, 0.2) is 0 Å². The molecule has 1 heterocycles. The Bertz CT molecular complexity index is 185. The molecule has 13 heavy (non-hydrogen) atoms. The van der Waals surface area contributed by atoms with E-state index in [0.29, 0.717) is 6.04 Å². The summed E-state index contributed by atoms with van der Waals surface area (Å²) in [4.78, 5) is 13.3. The Morgan fingerprint density at radius 2 is 2.54 bits per heavy atom. The molecule has 0 amide bonds. The summed E-state index contributed by atoms with van der Waals surface area (Å²) in [5.41, 5.74) is 2.54. The molecule has 5 nitrogen and oxygen atoms in total. The Morgan fingerprint density at radius 3 is 2.92 bits per heavy atom. The molecule has 0 radical (unpaired) electrons. The van der Waals surface area contributed by atoms with Crippen molar-refractivity contribution in [3.8, 4) is 0 Å². The summed E-state index contributed by atoms with van der Waals surface area (Å²) in [7, 11) is 2.04. The number of hydrogen-bond acceptors (Lipinski definition) is 5. The van der Waals surface area contributed by atoms with Gasteiger partial charge in [0.15, 0.2) is 0 Å². The SMILES string of the molecule is CC(=O)C(CC1CNCN1C)NN. The van der Waals surface area contributed by atoms with Crippen molar-refractivity contribution in [3.05, 3.63) is 0 Å². The fourth-order valence-electron chi connectivity index (χ4n) is 1.58. The first-order valence-electron chi connectivity index (χ1n) is 4.52. The van der Waals surface area contributed by atoms with Crippen LogP contribution in [-0.2, 0) is 4.79 Å². The summed E-state index contributed by atoms with van der Waals surface area (Å²) in [5.74, 6) is 5.39. The number of hydrogen-bond donors (Lipinski definition) is 3. The highest BCUT2D eigenvalue weighted by atomic mass is 16.1. The molecule has 1 aliphatic rings. The fourth-order valence-corrected chi connectivity index (χ4v) is 1.58. The average Bonchev–Trinajstić information content (AvgIpc) is 2.46. The van der Waals surface area contributed by atoms with E-state index in [0.717, 1.165) is 19.6 Å². The number of nitrogens with zero attached hydrogens (tertiary/aromatic N) is 1. The number of ketones is 1. The van der Waals surface area contributed by atoms with Crippen molar-refractivity contribution in [2.75, 3.05) is 20.3 Å². The quantitative estimate of drug-likeness (QED) is 0.374. The molecule has 1 fully saturated rings. The first-order valence-corrected chi connectivity index (χ1v) is 4.52. The summed E-state index contributed by atoms with van der Waals surface area (Å²) >= 11 is 0. The number of carbonyl (C=O) groups is 1. The van der Waals surface area contributed by atoms with Gasteiger partial charge in [-0.3, -0.25) is 15.5 Å². The zero-order valence-corrected chi connectivity index (χ0v) is 8.21. The second kappa shape index (κ2) is 4.66. The van der Waals surface area contributed by atoms with Gasteiger partial charge in [0.25, 0.3) is 0 Å². The van der Waals surface area contributed by atoms with E-state index in [2.05, 4.69) is 15.6 Å². The molecule has 76 valence electrons. The first-order chi connectivity index (χ1) is 6.15. The van der Waals surface area contributed by atoms with Gasteiger partial charge < -0.3 is 5.32 Å². The number of Topliss-reactive ketones (excluding diaryl/α,β-unsaturated/α-hetero) is 1. The van der Waals surface area contributed by atoms with E-state index in [-0.39, 0.29) is 11.8 Å². The number of nitrogens with one attached hydrogen (secondary N) is 2. The van der Waals surface area contributed by atoms with Gasteiger partial charge >= 0.3 is 0 Å². The van der Waals surface area contributed by atoms with Crippen molar-refractivity contribution < 1.29 is 4.79 Å². The predicted molar refractivity (Wildman–Crippen MR) is 50.8 cm³/mol. The Labute approximate surface area is 78.6 Å². The lowest BCUT2D eigenvalue weighted by Crippen LogP contribution is -2.45. The Kier molecular flexibility index (Phi) is 3.80. The van der Waals surface area contributed by atoms with E-state index >= 15 is 0 Å². The number of rotatable bonds is 4. The van der Waals surface area contributed by atoms with Crippen LogP contribution in [0.25, 0.3) is 0 Å². The van der Waals surface area contributed by atoms with Crippen LogP contribution in [0.1, 0.15) is 13.3 Å². The molecule has 0 aromatic heterocycles. The Morgan fingerprint density at radius 1 is 1.85 bits per heavy atom. The third kappa shape index (κ3) is 2.73. The molecular weight excluding hydrogens is 168 g/mol. The molecular formula is C8H18N4O. The summed E-state index contributed by atoms with van der Waals surface area (Å²) in [6.07, 6.45) is 0.773. The molecule has 0 aromatic rings. The van der Waals surface area contributed by atoms with E-state index in [9.17, 15) is 4.79 Å². The lowest BCUT2D eigenvalue weighted by Gasteiger charge is -2.22.